The second-order valence-electron chi connectivity index (χ2n) is 4.97. The lowest BCUT2D eigenvalue weighted by Gasteiger charge is -2.20. The van der Waals surface area contributed by atoms with Gasteiger partial charge in [0.05, 0.1) is 0 Å². The van der Waals surface area contributed by atoms with Gasteiger partial charge in [0.25, 0.3) is 0 Å². The molecule has 2 aliphatic rings. The van der Waals surface area contributed by atoms with Gasteiger partial charge < -0.3 is 9.47 Å². The lowest BCUT2D eigenvalue weighted by atomic mass is 9.95. The number of hydrogen-bond acceptors (Lipinski definition) is 3. The summed E-state index contributed by atoms with van der Waals surface area (Å²) in [5.41, 5.74) is 0.707. The summed E-state index contributed by atoms with van der Waals surface area (Å²) in [6.45, 7) is 3.12. The predicted molar refractivity (Wildman–Crippen MR) is 71.4 cm³/mol. The molecular formula is C14H15BrO3. The molecular weight excluding hydrogens is 296 g/mol. The highest BCUT2D eigenvalue weighted by atomic mass is 79.9. The van der Waals surface area contributed by atoms with E-state index in [9.17, 15) is 4.79 Å². The van der Waals surface area contributed by atoms with E-state index in [1.54, 1.807) is 6.07 Å². The van der Waals surface area contributed by atoms with Crippen molar-refractivity contribution in [1.82, 2.24) is 0 Å². The van der Waals surface area contributed by atoms with E-state index in [2.05, 4.69) is 15.9 Å². The Balaban J connectivity index is 1.93. The van der Waals surface area contributed by atoms with Crippen LogP contribution in [0.1, 0.15) is 30.1 Å². The molecule has 1 aromatic rings. The van der Waals surface area contributed by atoms with Crippen LogP contribution >= 0.6 is 15.9 Å². The third-order valence-electron chi connectivity index (χ3n) is 3.64. The van der Waals surface area contributed by atoms with Crippen LogP contribution in [-0.4, -0.2) is 19.0 Å². The van der Waals surface area contributed by atoms with Gasteiger partial charge in [0.2, 0.25) is 0 Å². The molecule has 3 nitrogen and oxygen atoms in total. The maximum Gasteiger partial charge on any atom is 0.167 e. The second-order valence-corrected chi connectivity index (χ2v) is 5.82. The largest absolute Gasteiger partial charge is 0.486 e. The minimum atomic E-state index is 0.101. The van der Waals surface area contributed by atoms with Gasteiger partial charge in [-0.1, -0.05) is 6.92 Å². The van der Waals surface area contributed by atoms with Crippen molar-refractivity contribution in [1.29, 1.82) is 0 Å². The molecule has 18 heavy (non-hydrogen) atoms. The quantitative estimate of drug-likeness (QED) is 0.802. The molecule has 0 radical (unpaired) electrons. The minimum Gasteiger partial charge on any atom is -0.486 e. The smallest absolute Gasteiger partial charge is 0.167 e. The Kier molecular flexibility index (Phi) is 3.06. The van der Waals surface area contributed by atoms with Crippen molar-refractivity contribution in [3.05, 3.63) is 22.2 Å². The Hall–Kier alpha value is -1.03. The molecule has 0 bridgehead atoms. The first-order chi connectivity index (χ1) is 8.66. The molecule has 4 heteroatoms. The fraction of sp³-hybridized carbons (Fsp3) is 0.500. The van der Waals surface area contributed by atoms with E-state index in [0.717, 1.165) is 4.47 Å². The van der Waals surface area contributed by atoms with Crippen LogP contribution in [0.25, 0.3) is 0 Å². The molecule has 0 spiro atoms. The summed E-state index contributed by atoms with van der Waals surface area (Å²) in [6.07, 6.45) is 2.35. The predicted octanol–water partition coefficient (Wildman–Crippen LogP) is 3.45. The molecule has 1 heterocycles. The van der Waals surface area contributed by atoms with Crippen LogP contribution in [0.5, 0.6) is 11.5 Å². The maximum atomic E-state index is 12.4. The highest BCUT2D eigenvalue weighted by molar-refractivity contribution is 9.10. The molecule has 96 valence electrons. The molecule has 0 N–H and O–H groups in total. The van der Waals surface area contributed by atoms with Crippen LogP contribution in [0.2, 0.25) is 0 Å². The van der Waals surface area contributed by atoms with Crippen molar-refractivity contribution in [3.63, 3.8) is 0 Å². The highest BCUT2D eigenvalue weighted by Gasteiger charge is 2.34. The molecule has 0 amide bonds. The summed E-state index contributed by atoms with van der Waals surface area (Å²) < 4.78 is 11.8. The first kappa shape index (κ1) is 12.0. The Morgan fingerprint density at radius 2 is 1.89 bits per heavy atom. The van der Waals surface area contributed by atoms with Crippen molar-refractivity contribution in [2.45, 2.75) is 19.8 Å². The Bertz CT molecular complexity index is 494. The maximum absolute atomic E-state index is 12.4. The molecule has 0 aromatic heterocycles. The lowest BCUT2D eigenvalue weighted by Crippen LogP contribution is -2.18. The number of ketones is 1. The fourth-order valence-electron chi connectivity index (χ4n) is 2.31. The van der Waals surface area contributed by atoms with E-state index in [1.165, 1.54) is 12.8 Å². The zero-order valence-electron chi connectivity index (χ0n) is 10.2. The Labute approximate surface area is 115 Å². The molecule has 1 unspecified atom stereocenters. The first-order valence-corrected chi connectivity index (χ1v) is 7.09. The van der Waals surface area contributed by atoms with Gasteiger partial charge in [0.1, 0.15) is 13.2 Å². The van der Waals surface area contributed by atoms with E-state index in [1.807, 2.05) is 13.0 Å². The van der Waals surface area contributed by atoms with Gasteiger partial charge >= 0.3 is 0 Å². The van der Waals surface area contributed by atoms with Crippen molar-refractivity contribution < 1.29 is 14.3 Å². The molecule has 1 atom stereocenters. The van der Waals surface area contributed by atoms with Gasteiger partial charge in [0.15, 0.2) is 17.3 Å². The van der Waals surface area contributed by atoms with E-state index in [0.29, 0.717) is 36.2 Å². The van der Waals surface area contributed by atoms with Gasteiger partial charge in [0, 0.05) is 16.0 Å². The number of carbonyl (C=O) groups is 1. The van der Waals surface area contributed by atoms with Crippen molar-refractivity contribution >= 4 is 21.7 Å². The summed E-state index contributed by atoms with van der Waals surface area (Å²) in [4.78, 5) is 12.4. The molecule has 0 saturated heterocycles. The molecule has 1 aliphatic carbocycles. The first-order valence-electron chi connectivity index (χ1n) is 6.30. The topological polar surface area (TPSA) is 35.5 Å². The van der Waals surface area contributed by atoms with Crippen molar-refractivity contribution in [2.24, 2.45) is 11.8 Å². The van der Waals surface area contributed by atoms with Gasteiger partial charge in [-0.3, -0.25) is 4.79 Å². The second kappa shape index (κ2) is 4.57. The third-order valence-corrected chi connectivity index (χ3v) is 4.30. The van der Waals surface area contributed by atoms with Gasteiger partial charge in [-0.25, -0.2) is 0 Å². The minimum absolute atomic E-state index is 0.101. The van der Waals surface area contributed by atoms with Crippen molar-refractivity contribution in [2.75, 3.05) is 13.2 Å². The lowest BCUT2D eigenvalue weighted by molar-refractivity contribution is 0.0914. The summed E-state index contributed by atoms with van der Waals surface area (Å²) >= 11 is 3.46. The number of benzene rings is 1. The Morgan fingerprint density at radius 3 is 2.50 bits per heavy atom. The zero-order valence-corrected chi connectivity index (χ0v) is 11.8. The number of fused-ring (bicyclic) bond motifs is 1. The summed E-state index contributed by atoms with van der Waals surface area (Å²) in [6, 6.07) is 3.64. The monoisotopic (exact) mass is 310 g/mol. The van der Waals surface area contributed by atoms with Crippen LogP contribution in [0.15, 0.2) is 16.6 Å². The fourth-order valence-corrected chi connectivity index (χ4v) is 2.83. The number of hydrogen-bond donors (Lipinski definition) is 0. The van der Waals surface area contributed by atoms with Crippen LogP contribution < -0.4 is 9.47 Å². The van der Waals surface area contributed by atoms with Gasteiger partial charge in [-0.15, -0.1) is 0 Å². The summed E-state index contributed by atoms with van der Waals surface area (Å²) in [7, 11) is 0. The van der Waals surface area contributed by atoms with Crippen molar-refractivity contribution in [3.8, 4) is 11.5 Å². The molecule has 3 rings (SSSR count). The molecule has 1 fully saturated rings. The number of Topliss-reactive ketones (excluding diaryl/α,β-unsaturated/α-hetero) is 1. The van der Waals surface area contributed by atoms with E-state index in [-0.39, 0.29) is 11.7 Å². The van der Waals surface area contributed by atoms with Crippen LogP contribution in [0.4, 0.5) is 0 Å². The average Bonchev–Trinajstić information content (AvgIpc) is 3.20. The summed E-state index contributed by atoms with van der Waals surface area (Å²) in [5, 5.41) is 0. The molecule has 1 aliphatic heterocycles. The Morgan fingerprint density at radius 1 is 1.28 bits per heavy atom. The highest BCUT2D eigenvalue weighted by Crippen LogP contribution is 2.41. The van der Waals surface area contributed by atoms with Crippen LogP contribution in [-0.2, 0) is 0 Å². The number of carbonyl (C=O) groups excluding carboxylic acids is 1. The number of halogens is 1. The van der Waals surface area contributed by atoms with E-state index < -0.39 is 0 Å². The summed E-state index contributed by atoms with van der Waals surface area (Å²) in [5.74, 6) is 2.25. The number of ether oxygens (including phenoxy) is 2. The zero-order chi connectivity index (χ0) is 12.7. The van der Waals surface area contributed by atoms with Gasteiger partial charge in [-0.05, 0) is 46.8 Å². The standard InChI is InChI=1S/C14H15BrO3/c1-8(9-2-3-9)14(16)10-6-12-13(7-11(10)15)18-5-4-17-12/h6-9H,2-5H2,1H3. The number of rotatable bonds is 3. The SMILES string of the molecule is CC(C(=O)c1cc2c(cc1Br)OCCO2)C1CC1. The average molecular weight is 311 g/mol. The van der Waals surface area contributed by atoms with E-state index in [4.69, 9.17) is 9.47 Å². The molecule has 1 aromatic carbocycles. The van der Waals surface area contributed by atoms with Crippen LogP contribution in [0, 0.1) is 11.8 Å². The molecule has 1 saturated carbocycles. The van der Waals surface area contributed by atoms with E-state index >= 15 is 0 Å². The normalized spacial score (nSPS) is 19.4. The van der Waals surface area contributed by atoms with Gasteiger partial charge in [-0.2, -0.15) is 0 Å². The van der Waals surface area contributed by atoms with Crippen LogP contribution in [0.3, 0.4) is 0 Å². The third kappa shape index (κ3) is 2.14.